The van der Waals surface area contributed by atoms with Crippen LogP contribution in [-0.2, 0) is 6.54 Å². The molecule has 0 unspecified atom stereocenters. The number of nitrogens with zero attached hydrogens (tertiary/aromatic N) is 3. The third kappa shape index (κ3) is 3.50. The molecule has 0 N–H and O–H groups in total. The minimum Gasteiger partial charge on any atom is -0.365 e. The van der Waals surface area contributed by atoms with Crippen LogP contribution in [0.15, 0.2) is 42.5 Å². The molecule has 106 valence electrons. The summed E-state index contributed by atoms with van der Waals surface area (Å²) in [5.74, 6) is 0. The molecular formula is C15H12ClN3O2. The SMILES string of the molecule is CN(Cc1ccc(Cl)cc1)c1cc(C#N)ccc1[N+](=O)[O-]. The normalized spacial score (nSPS) is 9.95. The predicted octanol–water partition coefficient (Wildman–Crippen LogP) is 3.76. The summed E-state index contributed by atoms with van der Waals surface area (Å²) >= 11 is 5.83. The highest BCUT2D eigenvalue weighted by Gasteiger charge is 2.17. The van der Waals surface area contributed by atoms with Crippen molar-refractivity contribution in [2.75, 3.05) is 11.9 Å². The molecule has 2 rings (SSSR count). The van der Waals surface area contributed by atoms with Crippen LogP contribution in [0.4, 0.5) is 11.4 Å². The standard InChI is InChI=1S/C15H12ClN3O2/c1-18(10-11-2-5-13(16)6-3-11)15-8-12(9-17)4-7-14(15)19(20)21/h2-8H,10H2,1H3. The first-order chi connectivity index (χ1) is 10.0. The molecule has 21 heavy (non-hydrogen) atoms. The van der Waals surface area contributed by atoms with Gasteiger partial charge in [-0.2, -0.15) is 5.26 Å². The van der Waals surface area contributed by atoms with Crippen molar-refractivity contribution in [3.05, 3.63) is 68.7 Å². The van der Waals surface area contributed by atoms with E-state index in [1.807, 2.05) is 18.2 Å². The largest absolute Gasteiger partial charge is 0.365 e. The molecular weight excluding hydrogens is 290 g/mol. The van der Waals surface area contributed by atoms with E-state index in [9.17, 15) is 10.1 Å². The Bertz CT molecular complexity index is 708. The fourth-order valence-electron chi connectivity index (χ4n) is 2.00. The summed E-state index contributed by atoms with van der Waals surface area (Å²) in [6.07, 6.45) is 0. The lowest BCUT2D eigenvalue weighted by Gasteiger charge is -2.19. The van der Waals surface area contributed by atoms with Crippen molar-refractivity contribution in [2.45, 2.75) is 6.54 Å². The van der Waals surface area contributed by atoms with Crippen LogP contribution in [0.5, 0.6) is 0 Å². The lowest BCUT2D eigenvalue weighted by Crippen LogP contribution is -2.17. The third-order valence-corrected chi connectivity index (χ3v) is 3.30. The van der Waals surface area contributed by atoms with Crippen LogP contribution >= 0.6 is 11.6 Å². The van der Waals surface area contributed by atoms with E-state index in [2.05, 4.69) is 0 Å². The first-order valence-electron chi connectivity index (χ1n) is 6.15. The average Bonchev–Trinajstić information content (AvgIpc) is 2.48. The number of nitro groups is 1. The first-order valence-corrected chi connectivity index (χ1v) is 6.53. The van der Waals surface area contributed by atoms with Crippen LogP contribution < -0.4 is 4.90 Å². The van der Waals surface area contributed by atoms with Crippen molar-refractivity contribution in [2.24, 2.45) is 0 Å². The maximum atomic E-state index is 11.1. The van der Waals surface area contributed by atoms with Crippen molar-refractivity contribution in [3.8, 4) is 6.07 Å². The zero-order valence-corrected chi connectivity index (χ0v) is 12.0. The van der Waals surface area contributed by atoms with E-state index in [1.54, 1.807) is 24.1 Å². The quantitative estimate of drug-likeness (QED) is 0.637. The van der Waals surface area contributed by atoms with E-state index >= 15 is 0 Å². The van der Waals surface area contributed by atoms with Gasteiger partial charge >= 0.3 is 0 Å². The predicted molar refractivity (Wildman–Crippen MR) is 81.4 cm³/mol. The second-order valence-electron chi connectivity index (χ2n) is 4.55. The Hall–Kier alpha value is -2.58. The average molecular weight is 302 g/mol. The fourth-order valence-corrected chi connectivity index (χ4v) is 2.13. The third-order valence-electron chi connectivity index (χ3n) is 3.05. The maximum absolute atomic E-state index is 11.1. The number of halogens is 1. The summed E-state index contributed by atoms with van der Waals surface area (Å²) in [5, 5.41) is 20.7. The second kappa shape index (κ2) is 6.25. The highest BCUT2D eigenvalue weighted by Crippen LogP contribution is 2.29. The highest BCUT2D eigenvalue weighted by molar-refractivity contribution is 6.30. The van der Waals surface area contributed by atoms with Crippen molar-refractivity contribution >= 4 is 23.0 Å². The molecule has 0 saturated carbocycles. The van der Waals surface area contributed by atoms with Gasteiger partial charge in [-0.15, -0.1) is 0 Å². The fraction of sp³-hybridized carbons (Fsp3) is 0.133. The number of nitro benzene ring substituents is 1. The molecule has 0 bridgehead atoms. The first kappa shape index (κ1) is 14.8. The van der Waals surface area contributed by atoms with E-state index in [-0.39, 0.29) is 5.69 Å². The molecule has 6 heteroatoms. The lowest BCUT2D eigenvalue weighted by atomic mass is 10.1. The number of anilines is 1. The number of hydrogen-bond acceptors (Lipinski definition) is 4. The van der Waals surface area contributed by atoms with Gasteiger partial charge in [-0.25, -0.2) is 0 Å². The molecule has 0 aliphatic carbocycles. The van der Waals surface area contributed by atoms with Crippen LogP contribution in [-0.4, -0.2) is 12.0 Å². The Morgan fingerprint density at radius 1 is 1.29 bits per heavy atom. The Labute approximate surface area is 127 Å². The maximum Gasteiger partial charge on any atom is 0.292 e. The van der Waals surface area contributed by atoms with Crippen LogP contribution in [0.3, 0.4) is 0 Å². The van der Waals surface area contributed by atoms with Crippen molar-refractivity contribution in [1.82, 2.24) is 0 Å². The molecule has 0 heterocycles. The Morgan fingerprint density at radius 2 is 1.95 bits per heavy atom. The number of rotatable bonds is 4. The minimum atomic E-state index is -0.450. The molecule has 0 atom stereocenters. The van der Waals surface area contributed by atoms with Crippen molar-refractivity contribution < 1.29 is 4.92 Å². The summed E-state index contributed by atoms with van der Waals surface area (Å²) in [7, 11) is 1.75. The van der Waals surface area contributed by atoms with Crippen molar-refractivity contribution in [1.29, 1.82) is 5.26 Å². The van der Waals surface area contributed by atoms with Crippen LogP contribution in [0.1, 0.15) is 11.1 Å². The molecule has 2 aromatic carbocycles. The molecule has 0 amide bonds. The van der Waals surface area contributed by atoms with E-state index < -0.39 is 4.92 Å². The van der Waals surface area contributed by atoms with Gasteiger partial charge in [-0.3, -0.25) is 10.1 Å². The Morgan fingerprint density at radius 3 is 2.52 bits per heavy atom. The molecule has 0 aromatic heterocycles. The monoisotopic (exact) mass is 301 g/mol. The summed E-state index contributed by atoms with van der Waals surface area (Å²) < 4.78 is 0. The van der Waals surface area contributed by atoms with Gasteiger partial charge in [0.25, 0.3) is 5.69 Å². The highest BCUT2D eigenvalue weighted by atomic mass is 35.5. The molecule has 0 spiro atoms. The van der Waals surface area contributed by atoms with Crippen LogP contribution in [0, 0.1) is 21.4 Å². The molecule has 2 aromatic rings. The van der Waals surface area contributed by atoms with Gasteiger partial charge in [0.2, 0.25) is 0 Å². The number of nitriles is 1. The number of hydrogen-bond donors (Lipinski definition) is 0. The molecule has 5 nitrogen and oxygen atoms in total. The number of benzene rings is 2. The topological polar surface area (TPSA) is 70.2 Å². The zero-order valence-electron chi connectivity index (χ0n) is 11.3. The van der Waals surface area contributed by atoms with E-state index in [0.717, 1.165) is 5.56 Å². The molecule has 0 aliphatic heterocycles. The summed E-state index contributed by atoms with van der Waals surface area (Å²) in [4.78, 5) is 12.4. The van der Waals surface area contributed by atoms with Gasteiger partial charge in [0.15, 0.2) is 0 Å². The van der Waals surface area contributed by atoms with Gasteiger partial charge in [0.05, 0.1) is 16.6 Å². The summed E-state index contributed by atoms with van der Waals surface area (Å²) in [6.45, 7) is 0.479. The van der Waals surface area contributed by atoms with Crippen LogP contribution in [0.2, 0.25) is 5.02 Å². The molecule has 0 fully saturated rings. The van der Waals surface area contributed by atoms with Gasteiger partial charge in [-0.1, -0.05) is 23.7 Å². The minimum absolute atomic E-state index is 0.0227. The molecule has 0 saturated heterocycles. The summed E-state index contributed by atoms with van der Waals surface area (Å²) in [6, 6.07) is 13.6. The molecule has 0 radical (unpaired) electrons. The van der Waals surface area contributed by atoms with E-state index in [4.69, 9.17) is 16.9 Å². The van der Waals surface area contributed by atoms with Gasteiger partial charge in [-0.05, 0) is 29.8 Å². The van der Waals surface area contributed by atoms with Gasteiger partial charge < -0.3 is 4.90 Å². The van der Waals surface area contributed by atoms with Gasteiger partial charge in [0, 0.05) is 24.7 Å². The second-order valence-corrected chi connectivity index (χ2v) is 4.99. The Balaban J connectivity index is 2.33. The Kier molecular flexibility index (Phi) is 4.41. The smallest absolute Gasteiger partial charge is 0.292 e. The molecule has 0 aliphatic rings. The van der Waals surface area contributed by atoms with E-state index in [0.29, 0.717) is 22.8 Å². The van der Waals surface area contributed by atoms with E-state index in [1.165, 1.54) is 18.2 Å². The zero-order chi connectivity index (χ0) is 15.4. The van der Waals surface area contributed by atoms with Crippen molar-refractivity contribution in [3.63, 3.8) is 0 Å². The summed E-state index contributed by atoms with van der Waals surface area (Å²) in [5.41, 5.74) is 1.75. The van der Waals surface area contributed by atoms with Gasteiger partial charge in [0.1, 0.15) is 5.69 Å². The van der Waals surface area contributed by atoms with Crippen LogP contribution in [0.25, 0.3) is 0 Å². The lowest BCUT2D eigenvalue weighted by molar-refractivity contribution is -0.384.